The third-order valence-corrected chi connectivity index (χ3v) is 3.77. The lowest BCUT2D eigenvalue weighted by Crippen LogP contribution is -2.05. The average molecular weight is 278 g/mol. The highest BCUT2D eigenvalue weighted by atomic mass is 32.2. The number of thioether (sulfide) groups is 1. The van der Waals surface area contributed by atoms with Crippen molar-refractivity contribution in [1.29, 1.82) is 0 Å². The Balaban J connectivity index is 1.65. The van der Waals surface area contributed by atoms with E-state index in [0.717, 1.165) is 12.8 Å². The summed E-state index contributed by atoms with van der Waals surface area (Å²) in [5, 5.41) is 12.1. The lowest BCUT2D eigenvalue weighted by atomic mass is 10.1. The smallest absolute Gasteiger partial charge is 0.210 e. The minimum atomic E-state index is -0.404. The van der Waals surface area contributed by atoms with Crippen molar-refractivity contribution in [2.24, 2.45) is 0 Å². The fourth-order valence-electron chi connectivity index (χ4n) is 1.70. The van der Waals surface area contributed by atoms with Gasteiger partial charge in [-0.2, -0.15) is 0 Å². The van der Waals surface area contributed by atoms with Crippen LogP contribution < -0.4 is 0 Å². The van der Waals surface area contributed by atoms with E-state index in [-0.39, 0.29) is 11.5 Å². The van der Waals surface area contributed by atoms with Crippen molar-refractivity contribution >= 4 is 17.5 Å². The molecule has 7 heteroatoms. The van der Waals surface area contributed by atoms with Gasteiger partial charge in [-0.05, 0) is 35.4 Å². The number of benzene rings is 1. The third-order valence-electron chi connectivity index (χ3n) is 2.83. The molecule has 0 amide bonds. The quantitative estimate of drug-likeness (QED) is 0.619. The van der Waals surface area contributed by atoms with Crippen LogP contribution in [0.1, 0.15) is 29.2 Å². The van der Waals surface area contributed by atoms with Crippen molar-refractivity contribution in [3.05, 3.63) is 35.6 Å². The monoisotopic (exact) mass is 278 g/mol. The summed E-state index contributed by atoms with van der Waals surface area (Å²) in [6, 6.07) is 6.07. The molecule has 1 aliphatic rings. The molecule has 0 N–H and O–H groups in total. The minimum Gasteiger partial charge on any atom is -0.293 e. The molecule has 1 fully saturated rings. The van der Waals surface area contributed by atoms with Crippen molar-refractivity contribution in [3.63, 3.8) is 0 Å². The van der Waals surface area contributed by atoms with Crippen LogP contribution in [0.4, 0.5) is 4.39 Å². The van der Waals surface area contributed by atoms with E-state index in [1.165, 1.54) is 30.0 Å². The van der Waals surface area contributed by atoms with E-state index in [4.69, 9.17) is 0 Å². The fraction of sp³-hybridized carbons (Fsp3) is 0.333. The molecule has 1 saturated carbocycles. The van der Waals surface area contributed by atoms with Crippen molar-refractivity contribution in [1.82, 2.24) is 20.2 Å². The fourth-order valence-corrected chi connectivity index (χ4v) is 2.54. The van der Waals surface area contributed by atoms with E-state index in [1.807, 2.05) is 0 Å². The van der Waals surface area contributed by atoms with Crippen LogP contribution in [0.3, 0.4) is 0 Å². The van der Waals surface area contributed by atoms with Gasteiger partial charge < -0.3 is 0 Å². The summed E-state index contributed by atoms with van der Waals surface area (Å²) in [5.41, 5.74) is 0.373. The largest absolute Gasteiger partial charge is 0.293 e. The zero-order valence-electron chi connectivity index (χ0n) is 9.99. The molecule has 98 valence electrons. The van der Waals surface area contributed by atoms with Crippen LogP contribution >= 0.6 is 11.8 Å². The Morgan fingerprint density at radius 2 is 2.32 bits per heavy atom. The second kappa shape index (κ2) is 5.08. The van der Waals surface area contributed by atoms with Crippen molar-refractivity contribution < 1.29 is 9.18 Å². The van der Waals surface area contributed by atoms with Crippen LogP contribution in [-0.4, -0.2) is 31.7 Å². The van der Waals surface area contributed by atoms with Gasteiger partial charge in [0.15, 0.2) is 5.78 Å². The zero-order valence-corrected chi connectivity index (χ0v) is 10.8. The van der Waals surface area contributed by atoms with Gasteiger partial charge in [0, 0.05) is 5.56 Å². The molecular formula is C12H11FN4OS. The number of rotatable bonds is 5. The van der Waals surface area contributed by atoms with Gasteiger partial charge in [0.1, 0.15) is 5.82 Å². The first-order chi connectivity index (χ1) is 9.24. The van der Waals surface area contributed by atoms with Gasteiger partial charge in [-0.15, -0.1) is 5.10 Å². The topological polar surface area (TPSA) is 60.7 Å². The SMILES string of the molecule is O=C(CSc1nnnn1C1CC1)c1cccc(F)c1. The summed E-state index contributed by atoms with van der Waals surface area (Å²) in [5.74, 6) is -0.329. The molecule has 0 aliphatic heterocycles. The number of carbonyl (C=O) groups is 1. The van der Waals surface area contributed by atoms with Gasteiger partial charge in [-0.3, -0.25) is 4.79 Å². The highest BCUT2D eigenvalue weighted by Crippen LogP contribution is 2.36. The molecule has 5 nitrogen and oxygen atoms in total. The Morgan fingerprint density at radius 3 is 3.05 bits per heavy atom. The maximum atomic E-state index is 13.0. The number of nitrogens with zero attached hydrogens (tertiary/aromatic N) is 4. The van der Waals surface area contributed by atoms with Crippen LogP contribution in [0.2, 0.25) is 0 Å². The molecule has 0 radical (unpaired) electrons. The number of halogens is 1. The minimum absolute atomic E-state index is 0.130. The molecule has 2 aromatic rings. The summed E-state index contributed by atoms with van der Waals surface area (Å²) < 4.78 is 14.8. The number of carbonyl (C=O) groups excluding carboxylic acids is 1. The Morgan fingerprint density at radius 1 is 1.47 bits per heavy atom. The molecule has 1 aliphatic carbocycles. The summed E-state index contributed by atoms with van der Waals surface area (Å²) in [6.45, 7) is 0. The van der Waals surface area contributed by atoms with Crippen LogP contribution in [-0.2, 0) is 0 Å². The van der Waals surface area contributed by atoms with Crippen molar-refractivity contribution in [2.75, 3.05) is 5.75 Å². The first-order valence-corrected chi connectivity index (χ1v) is 6.92. The average Bonchev–Trinajstić information content (AvgIpc) is 3.15. The summed E-state index contributed by atoms with van der Waals surface area (Å²) in [7, 11) is 0. The number of ketones is 1. The second-order valence-electron chi connectivity index (χ2n) is 4.36. The predicted octanol–water partition coefficient (Wildman–Crippen LogP) is 2.12. The molecule has 3 rings (SSSR count). The van der Waals surface area contributed by atoms with Crippen LogP contribution in [0.5, 0.6) is 0 Å². The van der Waals surface area contributed by atoms with Gasteiger partial charge in [-0.25, -0.2) is 9.07 Å². The maximum absolute atomic E-state index is 13.0. The molecule has 0 spiro atoms. The van der Waals surface area contributed by atoms with Gasteiger partial charge >= 0.3 is 0 Å². The first-order valence-electron chi connectivity index (χ1n) is 5.93. The number of aromatic nitrogens is 4. The van der Waals surface area contributed by atoms with Crippen molar-refractivity contribution in [2.45, 2.75) is 24.0 Å². The molecule has 1 aromatic heterocycles. The van der Waals surface area contributed by atoms with E-state index >= 15 is 0 Å². The molecule has 0 atom stereocenters. The van der Waals surface area contributed by atoms with E-state index in [1.54, 1.807) is 10.7 Å². The summed E-state index contributed by atoms with van der Waals surface area (Å²) >= 11 is 1.29. The number of hydrogen-bond acceptors (Lipinski definition) is 5. The van der Waals surface area contributed by atoms with Crippen LogP contribution in [0.15, 0.2) is 29.4 Å². The van der Waals surface area contributed by atoms with E-state index in [9.17, 15) is 9.18 Å². The molecule has 0 unspecified atom stereocenters. The molecule has 1 heterocycles. The highest BCUT2D eigenvalue weighted by Gasteiger charge is 2.28. The van der Waals surface area contributed by atoms with Gasteiger partial charge in [0.25, 0.3) is 0 Å². The Labute approximate surface area is 113 Å². The molecule has 0 saturated heterocycles. The normalized spacial score (nSPS) is 14.6. The highest BCUT2D eigenvalue weighted by molar-refractivity contribution is 7.99. The number of hydrogen-bond donors (Lipinski definition) is 0. The first kappa shape index (κ1) is 12.3. The maximum Gasteiger partial charge on any atom is 0.210 e. The van der Waals surface area contributed by atoms with Crippen molar-refractivity contribution in [3.8, 4) is 0 Å². The summed E-state index contributed by atoms with van der Waals surface area (Å²) in [6.07, 6.45) is 2.16. The number of Topliss-reactive ketones (excluding diaryl/α,β-unsaturated/α-hetero) is 1. The van der Waals surface area contributed by atoms with Crippen LogP contribution in [0.25, 0.3) is 0 Å². The second-order valence-corrected chi connectivity index (χ2v) is 5.30. The Bertz CT molecular complexity index is 611. The van der Waals surface area contributed by atoms with Gasteiger partial charge in [-0.1, -0.05) is 23.9 Å². The molecule has 0 bridgehead atoms. The van der Waals surface area contributed by atoms with Gasteiger partial charge in [0.05, 0.1) is 11.8 Å². The van der Waals surface area contributed by atoms with E-state index in [0.29, 0.717) is 16.8 Å². The number of tetrazole rings is 1. The molecular weight excluding hydrogens is 267 g/mol. The van der Waals surface area contributed by atoms with Gasteiger partial charge in [0.2, 0.25) is 5.16 Å². The van der Waals surface area contributed by atoms with E-state index in [2.05, 4.69) is 15.5 Å². The molecule has 19 heavy (non-hydrogen) atoms. The lowest BCUT2D eigenvalue weighted by molar-refractivity contribution is 0.102. The molecule has 1 aromatic carbocycles. The van der Waals surface area contributed by atoms with Crippen LogP contribution in [0, 0.1) is 5.82 Å². The Kier molecular flexibility index (Phi) is 3.29. The Hall–Kier alpha value is -1.76. The predicted molar refractivity (Wildman–Crippen MR) is 67.5 cm³/mol. The lowest BCUT2D eigenvalue weighted by Gasteiger charge is -2.02. The zero-order chi connectivity index (χ0) is 13.2. The van der Waals surface area contributed by atoms with E-state index < -0.39 is 5.82 Å². The standard InChI is InChI=1S/C12H11FN4OS/c13-9-3-1-2-8(6-9)11(18)7-19-12-14-15-16-17(12)10-4-5-10/h1-3,6,10H,4-5,7H2. The third kappa shape index (κ3) is 2.81. The summed E-state index contributed by atoms with van der Waals surface area (Å²) in [4.78, 5) is 11.9.